The largest absolute Gasteiger partial charge is 0.482 e. The van der Waals surface area contributed by atoms with Gasteiger partial charge in [0.1, 0.15) is 12.6 Å². The molecule has 1 aromatic heterocycles. The Labute approximate surface area is 143 Å². The summed E-state index contributed by atoms with van der Waals surface area (Å²) < 4.78 is 60.2. The minimum atomic E-state index is -4.78. The smallest absolute Gasteiger partial charge is 0.391 e. The zero-order valence-electron chi connectivity index (χ0n) is 12.9. The Bertz CT molecular complexity index is 790. The summed E-state index contributed by atoms with van der Waals surface area (Å²) in [6.07, 6.45) is -6.52. The summed E-state index contributed by atoms with van der Waals surface area (Å²) in [5.41, 5.74) is -0.439. The second-order valence-corrected chi connectivity index (χ2v) is 5.08. The number of alkyl halides is 3. The van der Waals surface area contributed by atoms with Gasteiger partial charge in [-0.3, -0.25) is 4.79 Å². The molecule has 0 saturated carbocycles. The highest BCUT2D eigenvalue weighted by molar-refractivity contribution is 5.94. The summed E-state index contributed by atoms with van der Waals surface area (Å²) in [5, 5.41) is 13.8. The van der Waals surface area contributed by atoms with Crippen LogP contribution in [0.25, 0.3) is 0 Å². The van der Waals surface area contributed by atoms with Crippen LogP contribution < -0.4 is 10.1 Å². The molecular weight excluding hydrogens is 364 g/mol. The number of benzene rings is 1. The van der Waals surface area contributed by atoms with Crippen molar-refractivity contribution in [2.75, 3.05) is 0 Å². The Balaban J connectivity index is 1.98. The molecule has 1 amide bonds. The lowest BCUT2D eigenvalue weighted by molar-refractivity contribution is -0.157. The molecule has 0 aliphatic rings. The zero-order chi connectivity index (χ0) is 19.3. The molecule has 26 heavy (non-hydrogen) atoms. The third kappa shape index (κ3) is 5.46. The quantitative estimate of drug-likeness (QED) is 0.720. The van der Waals surface area contributed by atoms with Gasteiger partial charge in [-0.25, -0.2) is 9.18 Å². The Morgan fingerprint density at radius 3 is 2.62 bits per heavy atom. The van der Waals surface area contributed by atoms with E-state index in [0.29, 0.717) is 0 Å². The van der Waals surface area contributed by atoms with E-state index in [0.717, 1.165) is 6.07 Å². The van der Waals surface area contributed by atoms with E-state index in [1.807, 2.05) is 0 Å². The molecule has 2 N–H and O–H groups in total. The second-order valence-electron chi connectivity index (χ2n) is 5.08. The van der Waals surface area contributed by atoms with E-state index in [-0.39, 0.29) is 18.1 Å². The van der Waals surface area contributed by atoms with Gasteiger partial charge in [-0.05, 0) is 12.1 Å². The molecule has 0 fully saturated rings. The van der Waals surface area contributed by atoms with Gasteiger partial charge in [0.25, 0.3) is 5.91 Å². The van der Waals surface area contributed by atoms with Crippen molar-refractivity contribution >= 4 is 11.9 Å². The van der Waals surface area contributed by atoms with E-state index in [1.54, 1.807) is 5.32 Å². The lowest BCUT2D eigenvalue weighted by atomic mass is 10.2. The molecular formula is C15H12F4N2O5. The first-order chi connectivity index (χ1) is 12.2. The highest BCUT2D eigenvalue weighted by Gasteiger charge is 2.36. The number of aromatic nitrogens is 1. The number of aliphatic carboxylic acids is 1. The number of hydrogen-bond acceptors (Lipinski definition) is 5. The van der Waals surface area contributed by atoms with Crippen LogP contribution in [0.1, 0.15) is 22.7 Å². The molecule has 0 spiro atoms. The van der Waals surface area contributed by atoms with Gasteiger partial charge in [0.15, 0.2) is 23.0 Å². The van der Waals surface area contributed by atoms with Crippen LogP contribution in [-0.2, 0) is 11.4 Å². The third-order valence-corrected chi connectivity index (χ3v) is 3.04. The number of para-hydroxylation sites is 1. The molecule has 140 valence electrons. The Hall–Kier alpha value is -3.11. The van der Waals surface area contributed by atoms with E-state index in [2.05, 4.69) is 5.16 Å². The van der Waals surface area contributed by atoms with Crippen LogP contribution >= 0.6 is 0 Å². The van der Waals surface area contributed by atoms with Crippen molar-refractivity contribution in [3.63, 3.8) is 0 Å². The van der Waals surface area contributed by atoms with E-state index in [9.17, 15) is 27.2 Å². The van der Waals surface area contributed by atoms with Crippen LogP contribution in [0.2, 0.25) is 0 Å². The van der Waals surface area contributed by atoms with Crippen LogP contribution in [0.5, 0.6) is 5.75 Å². The lowest BCUT2D eigenvalue weighted by Gasteiger charge is -2.15. The summed E-state index contributed by atoms with van der Waals surface area (Å²) in [6.45, 7) is -0.299. The van der Waals surface area contributed by atoms with Crippen molar-refractivity contribution in [1.82, 2.24) is 10.5 Å². The number of carboxylic acids is 1. The van der Waals surface area contributed by atoms with Crippen LogP contribution in [0.4, 0.5) is 17.6 Å². The molecule has 1 unspecified atom stereocenters. The summed E-state index contributed by atoms with van der Waals surface area (Å²) in [6, 6.07) is 4.39. The average Bonchev–Trinajstić information content (AvgIpc) is 3.01. The summed E-state index contributed by atoms with van der Waals surface area (Å²) in [5.74, 6) is -3.72. The van der Waals surface area contributed by atoms with Crippen molar-refractivity contribution in [2.24, 2.45) is 0 Å². The molecule has 11 heteroatoms. The third-order valence-electron chi connectivity index (χ3n) is 3.04. The van der Waals surface area contributed by atoms with Gasteiger partial charge < -0.3 is 19.7 Å². The second kappa shape index (κ2) is 7.85. The van der Waals surface area contributed by atoms with Gasteiger partial charge >= 0.3 is 12.1 Å². The fraction of sp³-hybridized carbons (Fsp3) is 0.267. The monoisotopic (exact) mass is 376 g/mol. The van der Waals surface area contributed by atoms with Crippen molar-refractivity contribution in [1.29, 1.82) is 0 Å². The molecule has 2 rings (SSSR count). The highest BCUT2D eigenvalue weighted by Crippen LogP contribution is 2.22. The van der Waals surface area contributed by atoms with Gasteiger partial charge in [0, 0.05) is 6.07 Å². The lowest BCUT2D eigenvalue weighted by Crippen LogP contribution is -2.43. The van der Waals surface area contributed by atoms with Crippen LogP contribution in [0, 0.1) is 5.82 Å². The normalized spacial score (nSPS) is 12.5. The number of hydrogen-bond donors (Lipinski definition) is 2. The number of carbonyl (C=O) groups is 2. The Morgan fingerprint density at radius 2 is 2.00 bits per heavy atom. The molecule has 0 aliphatic carbocycles. The Morgan fingerprint density at radius 1 is 1.31 bits per heavy atom. The topological polar surface area (TPSA) is 102 Å². The number of nitrogens with one attached hydrogen (secondary N) is 1. The number of carboxylic acid groups (broad SMARTS) is 1. The number of nitrogens with zero attached hydrogens (tertiary/aromatic N) is 1. The minimum Gasteiger partial charge on any atom is -0.482 e. The van der Waals surface area contributed by atoms with Crippen LogP contribution in [0.3, 0.4) is 0 Å². The minimum absolute atomic E-state index is 0.0129. The molecule has 7 nitrogen and oxygen atoms in total. The van der Waals surface area contributed by atoms with Crippen molar-refractivity contribution in [2.45, 2.75) is 25.2 Å². The SMILES string of the molecule is O=C(NC(CC(F)(F)F)C(=O)O)c1cc(COc2ccccc2F)on1. The maximum Gasteiger partial charge on any atom is 0.391 e. The molecule has 1 heterocycles. The van der Waals surface area contributed by atoms with Gasteiger partial charge in [-0.15, -0.1) is 0 Å². The predicted molar refractivity (Wildman–Crippen MR) is 76.8 cm³/mol. The first kappa shape index (κ1) is 19.2. The molecule has 1 atom stereocenters. The van der Waals surface area contributed by atoms with E-state index < -0.39 is 42.0 Å². The fourth-order valence-corrected chi connectivity index (χ4v) is 1.86. The molecule has 0 radical (unpaired) electrons. The molecule has 0 bridgehead atoms. The van der Waals surface area contributed by atoms with Crippen molar-refractivity contribution in [3.8, 4) is 5.75 Å². The number of amides is 1. The molecule has 0 saturated heterocycles. The zero-order valence-corrected chi connectivity index (χ0v) is 12.9. The van der Waals surface area contributed by atoms with Crippen LogP contribution in [-0.4, -0.2) is 34.4 Å². The first-order valence-corrected chi connectivity index (χ1v) is 7.09. The summed E-state index contributed by atoms with van der Waals surface area (Å²) >= 11 is 0. The van der Waals surface area contributed by atoms with Gasteiger partial charge in [-0.2, -0.15) is 13.2 Å². The van der Waals surface area contributed by atoms with Crippen molar-refractivity contribution in [3.05, 3.63) is 47.6 Å². The van der Waals surface area contributed by atoms with Gasteiger partial charge in [-0.1, -0.05) is 17.3 Å². The predicted octanol–water partition coefficient (Wildman–Crippen LogP) is 2.53. The van der Waals surface area contributed by atoms with Crippen LogP contribution in [0.15, 0.2) is 34.9 Å². The number of halogens is 4. The summed E-state index contributed by atoms with van der Waals surface area (Å²) in [7, 11) is 0. The van der Waals surface area contributed by atoms with E-state index >= 15 is 0 Å². The average molecular weight is 376 g/mol. The molecule has 2 aromatic rings. The molecule has 0 aliphatic heterocycles. The maximum absolute atomic E-state index is 13.4. The first-order valence-electron chi connectivity index (χ1n) is 7.09. The fourth-order valence-electron chi connectivity index (χ4n) is 1.86. The number of carbonyl (C=O) groups excluding carboxylic acids is 1. The standard InChI is InChI=1S/C15H12F4N2O5/c16-9-3-1-2-4-12(9)25-7-8-5-10(21-26-8)13(22)20-11(14(23)24)6-15(17,18)19/h1-5,11H,6-7H2,(H,20,22)(H,23,24). The van der Waals surface area contributed by atoms with Gasteiger partial charge in [0.2, 0.25) is 0 Å². The van der Waals surface area contributed by atoms with E-state index in [4.69, 9.17) is 14.4 Å². The number of ether oxygens (including phenoxy) is 1. The highest BCUT2D eigenvalue weighted by atomic mass is 19.4. The molecule has 1 aromatic carbocycles. The van der Waals surface area contributed by atoms with Gasteiger partial charge in [0.05, 0.1) is 6.42 Å². The van der Waals surface area contributed by atoms with Crippen molar-refractivity contribution < 1.29 is 41.5 Å². The van der Waals surface area contributed by atoms with E-state index in [1.165, 1.54) is 24.3 Å². The Kier molecular flexibility index (Phi) is 5.80. The summed E-state index contributed by atoms with van der Waals surface area (Å²) in [4.78, 5) is 22.6. The number of rotatable bonds is 7. The maximum atomic E-state index is 13.4.